The molecule has 0 aromatic rings. The number of ether oxygens (including phenoxy) is 2. The molecule has 1 aliphatic rings. The molecule has 0 spiro atoms. The molecule has 21 heavy (non-hydrogen) atoms. The fourth-order valence-corrected chi connectivity index (χ4v) is 2.91. The van der Waals surface area contributed by atoms with Gasteiger partial charge in [0.25, 0.3) is 0 Å². The molecular formula is C18H35NO2. The van der Waals surface area contributed by atoms with Crippen LogP contribution >= 0.6 is 0 Å². The van der Waals surface area contributed by atoms with Crippen molar-refractivity contribution >= 4 is 0 Å². The molecule has 0 bridgehead atoms. The van der Waals surface area contributed by atoms with E-state index in [1.165, 1.54) is 32.1 Å². The van der Waals surface area contributed by atoms with Crippen LogP contribution in [0.2, 0.25) is 0 Å². The van der Waals surface area contributed by atoms with Crippen molar-refractivity contribution in [3.05, 3.63) is 12.2 Å². The zero-order valence-corrected chi connectivity index (χ0v) is 14.2. The molecule has 4 atom stereocenters. The number of hydrogen-bond acceptors (Lipinski definition) is 3. The fourth-order valence-electron chi connectivity index (χ4n) is 2.91. The lowest BCUT2D eigenvalue weighted by atomic mass is 9.92. The molecule has 1 fully saturated rings. The lowest BCUT2D eigenvalue weighted by molar-refractivity contribution is -0.148. The Morgan fingerprint density at radius 3 is 2.57 bits per heavy atom. The maximum atomic E-state index is 6.10. The molecule has 1 unspecified atom stereocenters. The summed E-state index contributed by atoms with van der Waals surface area (Å²) in [5.74, 6) is 0.458. The van der Waals surface area contributed by atoms with Crippen LogP contribution in [0.3, 0.4) is 0 Å². The fraction of sp³-hybridized carbons (Fsp3) is 0.889. The standard InChI is InChI=1S/C18H35NO2/c1-4-6-7-8-9-10-11-12-16-14-15(3)17(18(19)21-16)20-13-5-2/h11-12,15-18H,4-10,13-14,19H2,1-3H3/b12-11+/t15-,16?,17-,18+/m0/s1. The van der Waals surface area contributed by atoms with Crippen LogP contribution in [0, 0.1) is 5.92 Å². The molecule has 0 aliphatic carbocycles. The summed E-state index contributed by atoms with van der Waals surface area (Å²) in [5.41, 5.74) is 6.10. The maximum absolute atomic E-state index is 6.10. The van der Waals surface area contributed by atoms with Crippen molar-refractivity contribution in [2.24, 2.45) is 11.7 Å². The predicted octanol–water partition coefficient (Wildman–Crippen LogP) is 4.41. The van der Waals surface area contributed by atoms with E-state index in [-0.39, 0.29) is 18.4 Å². The largest absolute Gasteiger partial charge is 0.374 e. The molecular weight excluding hydrogens is 262 g/mol. The number of hydrogen-bond donors (Lipinski definition) is 1. The van der Waals surface area contributed by atoms with Crippen LogP contribution in [0.4, 0.5) is 0 Å². The van der Waals surface area contributed by atoms with Gasteiger partial charge < -0.3 is 15.2 Å². The van der Waals surface area contributed by atoms with Crippen molar-refractivity contribution in [3.8, 4) is 0 Å². The van der Waals surface area contributed by atoms with Crippen molar-refractivity contribution in [1.82, 2.24) is 0 Å². The van der Waals surface area contributed by atoms with Gasteiger partial charge in [0.1, 0.15) is 6.23 Å². The Balaban J connectivity index is 2.22. The van der Waals surface area contributed by atoms with Crippen LogP contribution in [0.1, 0.15) is 72.1 Å². The highest BCUT2D eigenvalue weighted by Gasteiger charge is 2.33. The molecule has 1 saturated heterocycles. The third-order valence-corrected chi connectivity index (χ3v) is 4.16. The molecule has 0 radical (unpaired) electrons. The van der Waals surface area contributed by atoms with Crippen LogP contribution in [0.15, 0.2) is 12.2 Å². The van der Waals surface area contributed by atoms with E-state index in [1.807, 2.05) is 0 Å². The molecule has 2 N–H and O–H groups in total. The minimum absolute atomic E-state index is 0.0450. The Hall–Kier alpha value is -0.380. The predicted molar refractivity (Wildman–Crippen MR) is 89.2 cm³/mol. The molecule has 0 saturated carbocycles. The lowest BCUT2D eigenvalue weighted by Gasteiger charge is -2.37. The average molecular weight is 297 g/mol. The van der Waals surface area contributed by atoms with Gasteiger partial charge in [-0.2, -0.15) is 0 Å². The topological polar surface area (TPSA) is 44.5 Å². The van der Waals surface area contributed by atoms with Gasteiger partial charge in [-0.05, 0) is 31.6 Å². The Morgan fingerprint density at radius 1 is 1.14 bits per heavy atom. The second-order valence-corrected chi connectivity index (χ2v) is 6.32. The van der Waals surface area contributed by atoms with E-state index in [4.69, 9.17) is 15.2 Å². The van der Waals surface area contributed by atoms with Crippen LogP contribution in [0.25, 0.3) is 0 Å². The summed E-state index contributed by atoms with van der Waals surface area (Å²) in [4.78, 5) is 0. The molecule has 0 amide bonds. The van der Waals surface area contributed by atoms with E-state index in [2.05, 4.69) is 32.9 Å². The first-order valence-electron chi connectivity index (χ1n) is 8.88. The molecule has 124 valence electrons. The molecule has 1 heterocycles. The summed E-state index contributed by atoms with van der Waals surface area (Å²) in [6.07, 6.45) is 14.2. The van der Waals surface area contributed by atoms with Crippen molar-refractivity contribution in [1.29, 1.82) is 0 Å². The second-order valence-electron chi connectivity index (χ2n) is 6.32. The van der Waals surface area contributed by atoms with Crippen molar-refractivity contribution < 1.29 is 9.47 Å². The number of rotatable bonds is 10. The number of nitrogens with two attached hydrogens (primary N) is 1. The number of unbranched alkanes of at least 4 members (excludes halogenated alkanes) is 5. The highest BCUT2D eigenvalue weighted by molar-refractivity contribution is 4.95. The van der Waals surface area contributed by atoms with E-state index in [0.717, 1.165) is 25.9 Å². The molecule has 1 aliphatic heterocycles. The first-order chi connectivity index (χ1) is 10.2. The molecule has 3 heteroatoms. The summed E-state index contributed by atoms with van der Waals surface area (Å²) in [6.45, 7) is 7.35. The Morgan fingerprint density at radius 2 is 1.90 bits per heavy atom. The van der Waals surface area contributed by atoms with Gasteiger partial charge in [0, 0.05) is 6.61 Å². The van der Waals surface area contributed by atoms with Crippen molar-refractivity contribution in [2.75, 3.05) is 6.61 Å². The van der Waals surface area contributed by atoms with Gasteiger partial charge in [-0.15, -0.1) is 0 Å². The molecule has 0 aromatic carbocycles. The van der Waals surface area contributed by atoms with Crippen LogP contribution in [-0.2, 0) is 9.47 Å². The third kappa shape index (κ3) is 7.44. The molecule has 3 nitrogen and oxygen atoms in total. The number of allylic oxidation sites excluding steroid dienone is 1. The summed E-state index contributed by atoms with van der Waals surface area (Å²) in [5, 5.41) is 0. The summed E-state index contributed by atoms with van der Waals surface area (Å²) >= 11 is 0. The molecule has 1 rings (SSSR count). The van der Waals surface area contributed by atoms with Gasteiger partial charge >= 0.3 is 0 Å². The van der Waals surface area contributed by atoms with Gasteiger partial charge in [0.2, 0.25) is 0 Å². The normalized spacial score (nSPS) is 30.1. The average Bonchev–Trinajstić information content (AvgIpc) is 2.45. The Kier molecular flexibility index (Phi) is 9.98. The van der Waals surface area contributed by atoms with Gasteiger partial charge in [0.05, 0.1) is 12.2 Å². The summed E-state index contributed by atoms with van der Waals surface area (Å²) in [7, 11) is 0. The Bertz CT molecular complexity index is 268. The second kappa shape index (κ2) is 11.2. The highest BCUT2D eigenvalue weighted by atomic mass is 16.6. The van der Waals surface area contributed by atoms with E-state index in [1.54, 1.807) is 0 Å². The van der Waals surface area contributed by atoms with E-state index < -0.39 is 0 Å². The van der Waals surface area contributed by atoms with Gasteiger partial charge in [-0.3, -0.25) is 0 Å². The highest BCUT2D eigenvalue weighted by Crippen LogP contribution is 2.26. The van der Waals surface area contributed by atoms with Crippen LogP contribution in [0.5, 0.6) is 0 Å². The maximum Gasteiger partial charge on any atom is 0.133 e. The quantitative estimate of drug-likeness (QED) is 0.480. The van der Waals surface area contributed by atoms with Crippen LogP contribution in [-0.4, -0.2) is 25.0 Å². The summed E-state index contributed by atoms with van der Waals surface area (Å²) < 4.78 is 11.7. The zero-order valence-electron chi connectivity index (χ0n) is 14.2. The van der Waals surface area contributed by atoms with Crippen molar-refractivity contribution in [3.63, 3.8) is 0 Å². The smallest absolute Gasteiger partial charge is 0.133 e. The van der Waals surface area contributed by atoms with Gasteiger partial charge in [-0.1, -0.05) is 58.6 Å². The first-order valence-corrected chi connectivity index (χ1v) is 8.88. The van der Waals surface area contributed by atoms with Crippen LogP contribution < -0.4 is 5.73 Å². The minimum atomic E-state index is -0.292. The van der Waals surface area contributed by atoms with E-state index in [9.17, 15) is 0 Å². The van der Waals surface area contributed by atoms with Crippen molar-refractivity contribution in [2.45, 2.75) is 90.6 Å². The minimum Gasteiger partial charge on any atom is -0.374 e. The third-order valence-electron chi connectivity index (χ3n) is 4.16. The van der Waals surface area contributed by atoms with Gasteiger partial charge in [0.15, 0.2) is 0 Å². The van der Waals surface area contributed by atoms with E-state index >= 15 is 0 Å². The molecule has 0 aromatic heterocycles. The Labute approximate surface area is 131 Å². The first kappa shape index (κ1) is 18.7. The van der Waals surface area contributed by atoms with E-state index in [0.29, 0.717) is 5.92 Å². The monoisotopic (exact) mass is 297 g/mol. The zero-order chi connectivity index (χ0) is 15.5. The summed E-state index contributed by atoms with van der Waals surface area (Å²) in [6, 6.07) is 0. The lowest BCUT2D eigenvalue weighted by Crippen LogP contribution is -2.50. The van der Waals surface area contributed by atoms with Gasteiger partial charge in [-0.25, -0.2) is 0 Å². The SMILES string of the molecule is CCCCCCC/C=C/C1C[C@H](C)[C@H](OCCC)[C@H](N)O1.